The van der Waals surface area contributed by atoms with Crippen LogP contribution < -0.4 is 10.1 Å². The molecule has 3 heteroatoms. The van der Waals surface area contributed by atoms with E-state index in [1.165, 1.54) is 31.5 Å². The molecule has 1 aliphatic rings. The van der Waals surface area contributed by atoms with E-state index >= 15 is 0 Å². The van der Waals surface area contributed by atoms with Gasteiger partial charge < -0.3 is 10.1 Å². The van der Waals surface area contributed by atoms with E-state index in [2.05, 4.69) is 42.3 Å². The number of methoxy groups -OCH3 is 1. The summed E-state index contributed by atoms with van der Waals surface area (Å²) in [5, 5.41) is 3.56. The van der Waals surface area contributed by atoms with E-state index in [9.17, 15) is 0 Å². The Morgan fingerprint density at radius 1 is 1.35 bits per heavy atom. The average Bonchev–Trinajstić information content (AvgIpc) is 2.48. The third-order valence-corrected chi connectivity index (χ3v) is 4.41. The van der Waals surface area contributed by atoms with Crippen molar-refractivity contribution >= 4 is 0 Å². The molecule has 3 nitrogen and oxygen atoms in total. The Hall–Kier alpha value is -1.06. The maximum absolute atomic E-state index is 5.29. The quantitative estimate of drug-likeness (QED) is 0.864. The minimum Gasteiger partial charge on any atom is -0.497 e. The second-order valence-corrected chi connectivity index (χ2v) is 5.81. The molecule has 0 aliphatic carbocycles. The second-order valence-electron chi connectivity index (χ2n) is 5.81. The van der Waals surface area contributed by atoms with Gasteiger partial charge in [0.25, 0.3) is 0 Å². The van der Waals surface area contributed by atoms with Gasteiger partial charge in [0.1, 0.15) is 5.75 Å². The van der Waals surface area contributed by atoms with Crippen molar-refractivity contribution in [2.45, 2.75) is 39.3 Å². The van der Waals surface area contributed by atoms with E-state index < -0.39 is 0 Å². The Morgan fingerprint density at radius 2 is 2.10 bits per heavy atom. The summed E-state index contributed by atoms with van der Waals surface area (Å²) in [4.78, 5) is 2.56. The summed E-state index contributed by atoms with van der Waals surface area (Å²) >= 11 is 0. The topological polar surface area (TPSA) is 24.5 Å². The third-order valence-electron chi connectivity index (χ3n) is 4.41. The number of ether oxygens (including phenoxy) is 1. The van der Waals surface area contributed by atoms with Gasteiger partial charge in [-0.3, -0.25) is 4.90 Å². The maximum Gasteiger partial charge on any atom is 0.119 e. The van der Waals surface area contributed by atoms with Crippen molar-refractivity contribution in [3.8, 4) is 5.75 Å². The molecule has 1 aromatic rings. The van der Waals surface area contributed by atoms with Crippen molar-refractivity contribution < 1.29 is 4.74 Å². The molecule has 1 N–H and O–H groups in total. The molecule has 1 aromatic carbocycles. The van der Waals surface area contributed by atoms with Crippen LogP contribution in [0, 0.1) is 5.92 Å². The lowest BCUT2D eigenvalue weighted by molar-refractivity contribution is 0.157. The molecule has 112 valence electrons. The Labute approximate surface area is 123 Å². The van der Waals surface area contributed by atoms with Crippen LogP contribution in [0.1, 0.15) is 32.3 Å². The molecule has 0 aromatic heterocycles. The molecule has 0 bridgehead atoms. The SMILES string of the molecule is CCNC(C)C1CCN(Cc2cccc(OC)c2)CC1. The van der Waals surface area contributed by atoms with E-state index in [1.807, 2.05) is 6.07 Å². The number of benzene rings is 1. The Morgan fingerprint density at radius 3 is 2.75 bits per heavy atom. The normalized spacial score (nSPS) is 18.9. The van der Waals surface area contributed by atoms with Crippen molar-refractivity contribution in [3.63, 3.8) is 0 Å². The number of hydrogen-bond acceptors (Lipinski definition) is 3. The predicted molar refractivity (Wildman–Crippen MR) is 84.1 cm³/mol. The standard InChI is InChI=1S/C17H28N2O/c1-4-18-14(2)16-8-10-19(11-9-16)13-15-6-5-7-17(12-15)20-3/h5-7,12,14,16,18H,4,8-11,13H2,1-3H3. The highest BCUT2D eigenvalue weighted by Crippen LogP contribution is 2.22. The third kappa shape index (κ3) is 4.22. The van der Waals surface area contributed by atoms with Crippen LogP contribution in [-0.4, -0.2) is 37.7 Å². The average molecular weight is 276 g/mol. The molecule has 0 saturated carbocycles. The summed E-state index contributed by atoms with van der Waals surface area (Å²) in [6.45, 7) is 9.04. The molecule has 1 atom stereocenters. The maximum atomic E-state index is 5.29. The largest absolute Gasteiger partial charge is 0.497 e. The molecule has 1 saturated heterocycles. The van der Waals surface area contributed by atoms with Gasteiger partial charge in [-0.2, -0.15) is 0 Å². The highest BCUT2D eigenvalue weighted by molar-refractivity contribution is 5.28. The van der Waals surface area contributed by atoms with Gasteiger partial charge in [-0.05, 0) is 63.0 Å². The lowest BCUT2D eigenvalue weighted by Crippen LogP contribution is -2.41. The summed E-state index contributed by atoms with van der Waals surface area (Å²) in [6.07, 6.45) is 2.61. The number of likely N-dealkylation sites (tertiary alicyclic amines) is 1. The van der Waals surface area contributed by atoms with Gasteiger partial charge in [-0.1, -0.05) is 19.1 Å². The summed E-state index contributed by atoms with van der Waals surface area (Å²) in [7, 11) is 1.73. The van der Waals surface area contributed by atoms with Crippen LogP contribution in [0.2, 0.25) is 0 Å². The number of hydrogen-bond donors (Lipinski definition) is 1. The Balaban J connectivity index is 1.82. The fourth-order valence-electron chi connectivity index (χ4n) is 3.13. The van der Waals surface area contributed by atoms with Gasteiger partial charge in [0.15, 0.2) is 0 Å². The first-order chi connectivity index (χ1) is 9.72. The van der Waals surface area contributed by atoms with E-state index in [1.54, 1.807) is 7.11 Å². The number of nitrogens with zero attached hydrogens (tertiary/aromatic N) is 1. The first kappa shape index (κ1) is 15.3. The van der Waals surface area contributed by atoms with Gasteiger partial charge in [0.05, 0.1) is 7.11 Å². The van der Waals surface area contributed by atoms with E-state index in [4.69, 9.17) is 4.74 Å². The summed E-state index contributed by atoms with van der Waals surface area (Å²) < 4.78 is 5.29. The number of rotatable bonds is 6. The summed E-state index contributed by atoms with van der Waals surface area (Å²) in [5.74, 6) is 1.79. The van der Waals surface area contributed by atoms with Crippen LogP contribution in [-0.2, 0) is 6.54 Å². The first-order valence-electron chi connectivity index (χ1n) is 7.81. The summed E-state index contributed by atoms with van der Waals surface area (Å²) in [5.41, 5.74) is 1.35. The van der Waals surface area contributed by atoms with E-state index in [0.29, 0.717) is 6.04 Å². The van der Waals surface area contributed by atoms with E-state index in [-0.39, 0.29) is 0 Å². The molecule has 0 radical (unpaired) electrons. The Bertz CT molecular complexity index is 400. The fraction of sp³-hybridized carbons (Fsp3) is 0.647. The van der Waals surface area contributed by atoms with Crippen molar-refractivity contribution in [1.29, 1.82) is 0 Å². The van der Waals surface area contributed by atoms with Crippen LogP contribution in [0.15, 0.2) is 24.3 Å². The molecule has 1 fully saturated rings. The molecule has 0 amide bonds. The van der Waals surface area contributed by atoms with Crippen LogP contribution in [0.4, 0.5) is 0 Å². The molecular weight excluding hydrogens is 248 g/mol. The van der Waals surface area contributed by atoms with Crippen LogP contribution in [0.5, 0.6) is 5.75 Å². The van der Waals surface area contributed by atoms with Crippen LogP contribution in [0.25, 0.3) is 0 Å². The highest BCUT2D eigenvalue weighted by atomic mass is 16.5. The Kier molecular flexibility index (Phi) is 5.86. The molecule has 20 heavy (non-hydrogen) atoms. The van der Waals surface area contributed by atoms with Gasteiger partial charge in [-0.25, -0.2) is 0 Å². The minimum absolute atomic E-state index is 0.652. The molecular formula is C17H28N2O. The first-order valence-corrected chi connectivity index (χ1v) is 7.81. The minimum atomic E-state index is 0.652. The van der Waals surface area contributed by atoms with Gasteiger partial charge in [0.2, 0.25) is 0 Å². The highest BCUT2D eigenvalue weighted by Gasteiger charge is 2.23. The molecule has 0 spiro atoms. The summed E-state index contributed by atoms with van der Waals surface area (Å²) in [6, 6.07) is 9.07. The molecule has 1 unspecified atom stereocenters. The zero-order chi connectivity index (χ0) is 14.4. The molecule has 2 rings (SSSR count). The monoisotopic (exact) mass is 276 g/mol. The predicted octanol–water partition coefficient (Wildman–Crippen LogP) is 2.91. The zero-order valence-electron chi connectivity index (χ0n) is 13.1. The van der Waals surface area contributed by atoms with Gasteiger partial charge in [0, 0.05) is 12.6 Å². The van der Waals surface area contributed by atoms with Gasteiger partial charge in [-0.15, -0.1) is 0 Å². The smallest absolute Gasteiger partial charge is 0.119 e. The lowest BCUT2D eigenvalue weighted by atomic mass is 9.90. The van der Waals surface area contributed by atoms with Crippen molar-refractivity contribution in [3.05, 3.63) is 29.8 Å². The van der Waals surface area contributed by atoms with Crippen molar-refractivity contribution in [2.75, 3.05) is 26.7 Å². The lowest BCUT2D eigenvalue weighted by Gasteiger charge is -2.35. The van der Waals surface area contributed by atoms with Gasteiger partial charge >= 0.3 is 0 Å². The second kappa shape index (κ2) is 7.65. The number of piperidine rings is 1. The van der Waals surface area contributed by atoms with Crippen LogP contribution in [0.3, 0.4) is 0 Å². The zero-order valence-corrected chi connectivity index (χ0v) is 13.1. The van der Waals surface area contributed by atoms with E-state index in [0.717, 1.165) is 24.8 Å². The van der Waals surface area contributed by atoms with Crippen molar-refractivity contribution in [1.82, 2.24) is 10.2 Å². The fourth-order valence-corrected chi connectivity index (χ4v) is 3.13. The van der Waals surface area contributed by atoms with Crippen molar-refractivity contribution in [2.24, 2.45) is 5.92 Å². The molecule has 1 heterocycles. The molecule has 1 aliphatic heterocycles. The van der Waals surface area contributed by atoms with Crippen LogP contribution >= 0.6 is 0 Å². The number of nitrogens with one attached hydrogen (secondary N) is 1.